The van der Waals surface area contributed by atoms with Crippen molar-refractivity contribution in [1.29, 1.82) is 0 Å². The summed E-state index contributed by atoms with van der Waals surface area (Å²) in [5, 5.41) is 7.98. The third kappa shape index (κ3) is 1.89. The average Bonchev–Trinajstić information content (AvgIpc) is 2.73. The number of aromatic nitrogens is 3. The van der Waals surface area contributed by atoms with Gasteiger partial charge in [0.1, 0.15) is 11.3 Å². The molecule has 3 aromatic rings. The minimum absolute atomic E-state index is 0.288. The van der Waals surface area contributed by atoms with Crippen molar-refractivity contribution in [3.8, 4) is 0 Å². The first-order valence-corrected chi connectivity index (χ1v) is 5.35. The first-order chi connectivity index (χ1) is 8.33. The van der Waals surface area contributed by atoms with E-state index < -0.39 is 0 Å². The second kappa shape index (κ2) is 3.97. The molecule has 2 aromatic carbocycles. The van der Waals surface area contributed by atoms with E-state index in [4.69, 9.17) is 0 Å². The second-order valence-electron chi connectivity index (χ2n) is 3.87. The second-order valence-corrected chi connectivity index (χ2v) is 3.87. The average molecular weight is 227 g/mol. The van der Waals surface area contributed by atoms with Gasteiger partial charge in [0.25, 0.3) is 0 Å². The van der Waals surface area contributed by atoms with Crippen LogP contribution in [0.3, 0.4) is 0 Å². The molecule has 0 saturated heterocycles. The van der Waals surface area contributed by atoms with Gasteiger partial charge in [0.05, 0.1) is 12.1 Å². The predicted molar refractivity (Wildman–Crippen MR) is 63.0 cm³/mol. The van der Waals surface area contributed by atoms with E-state index in [1.54, 1.807) is 10.7 Å². The third-order valence-corrected chi connectivity index (χ3v) is 2.65. The van der Waals surface area contributed by atoms with Crippen LogP contribution in [0, 0.1) is 5.82 Å². The van der Waals surface area contributed by atoms with Crippen LogP contribution in [0.15, 0.2) is 48.5 Å². The van der Waals surface area contributed by atoms with Crippen LogP contribution in [0.1, 0.15) is 5.56 Å². The highest BCUT2D eigenvalue weighted by atomic mass is 19.1. The Balaban J connectivity index is 2.01. The number of fused-ring (bicyclic) bond motifs is 1. The van der Waals surface area contributed by atoms with Crippen molar-refractivity contribution in [2.24, 2.45) is 0 Å². The monoisotopic (exact) mass is 227 g/mol. The summed E-state index contributed by atoms with van der Waals surface area (Å²) in [5.41, 5.74) is 2.57. The molecular formula is C13H10FN3. The van der Waals surface area contributed by atoms with Crippen LogP contribution >= 0.6 is 0 Å². The number of rotatable bonds is 2. The Kier molecular flexibility index (Phi) is 2.33. The summed E-state index contributed by atoms with van der Waals surface area (Å²) in [6.07, 6.45) is 0. The highest BCUT2D eigenvalue weighted by molar-refractivity contribution is 5.74. The molecule has 3 rings (SSSR count). The molecule has 0 radical (unpaired) electrons. The number of halogens is 1. The zero-order chi connectivity index (χ0) is 11.7. The molecular weight excluding hydrogens is 217 g/mol. The quantitative estimate of drug-likeness (QED) is 0.673. The lowest BCUT2D eigenvalue weighted by molar-refractivity contribution is 0.629. The van der Waals surface area contributed by atoms with Crippen LogP contribution in [0.2, 0.25) is 0 Å². The van der Waals surface area contributed by atoms with Gasteiger partial charge in [0.15, 0.2) is 0 Å². The van der Waals surface area contributed by atoms with Gasteiger partial charge in [-0.05, 0) is 17.7 Å². The molecule has 0 atom stereocenters. The highest BCUT2D eigenvalue weighted by Crippen LogP contribution is 2.13. The van der Waals surface area contributed by atoms with E-state index in [1.807, 2.05) is 30.3 Å². The van der Waals surface area contributed by atoms with Gasteiger partial charge in [-0.25, -0.2) is 9.07 Å². The molecule has 0 unspecified atom stereocenters. The molecule has 0 aliphatic rings. The van der Waals surface area contributed by atoms with E-state index in [9.17, 15) is 4.39 Å². The molecule has 0 fully saturated rings. The summed E-state index contributed by atoms with van der Waals surface area (Å²) < 4.78 is 14.8. The number of hydrogen-bond acceptors (Lipinski definition) is 2. The topological polar surface area (TPSA) is 30.7 Å². The fraction of sp³-hybridized carbons (Fsp3) is 0.0769. The molecule has 1 heterocycles. The fourth-order valence-electron chi connectivity index (χ4n) is 1.82. The molecule has 0 spiro atoms. The van der Waals surface area contributed by atoms with Crippen molar-refractivity contribution < 1.29 is 4.39 Å². The largest absolute Gasteiger partial charge is 0.240 e. The summed E-state index contributed by atoms with van der Waals surface area (Å²) in [6, 6.07) is 14.5. The van der Waals surface area contributed by atoms with Crippen LogP contribution in [-0.2, 0) is 6.54 Å². The zero-order valence-corrected chi connectivity index (χ0v) is 9.05. The highest BCUT2D eigenvalue weighted by Gasteiger charge is 2.05. The van der Waals surface area contributed by atoms with Gasteiger partial charge in [-0.2, -0.15) is 0 Å². The minimum Gasteiger partial charge on any atom is -0.240 e. The summed E-state index contributed by atoms with van der Waals surface area (Å²) in [4.78, 5) is 0. The Hall–Kier alpha value is -2.23. The molecule has 0 N–H and O–H groups in total. The van der Waals surface area contributed by atoms with Gasteiger partial charge < -0.3 is 0 Å². The smallest absolute Gasteiger partial charge is 0.125 e. The first-order valence-electron chi connectivity index (χ1n) is 5.35. The molecule has 0 aliphatic carbocycles. The first kappa shape index (κ1) is 9.96. The van der Waals surface area contributed by atoms with Crippen LogP contribution in [0.5, 0.6) is 0 Å². The molecule has 1 aromatic heterocycles. The van der Waals surface area contributed by atoms with Crippen molar-refractivity contribution >= 4 is 11.0 Å². The summed E-state index contributed by atoms with van der Waals surface area (Å²) in [6.45, 7) is 0.642. The van der Waals surface area contributed by atoms with Crippen LogP contribution < -0.4 is 0 Å². The lowest BCUT2D eigenvalue weighted by Crippen LogP contribution is -2.01. The lowest BCUT2D eigenvalue weighted by atomic mass is 10.2. The third-order valence-electron chi connectivity index (χ3n) is 2.65. The number of nitrogens with zero attached hydrogens (tertiary/aromatic N) is 3. The van der Waals surface area contributed by atoms with E-state index in [-0.39, 0.29) is 5.82 Å². The van der Waals surface area contributed by atoms with Gasteiger partial charge in [0, 0.05) is 6.07 Å². The normalized spacial score (nSPS) is 10.9. The molecule has 17 heavy (non-hydrogen) atoms. The summed E-state index contributed by atoms with van der Waals surface area (Å²) in [5.74, 6) is -0.288. The molecule has 0 amide bonds. The van der Waals surface area contributed by atoms with Gasteiger partial charge in [0.2, 0.25) is 0 Å². The Bertz CT molecular complexity index is 646. The predicted octanol–water partition coefficient (Wildman–Crippen LogP) is 2.62. The summed E-state index contributed by atoms with van der Waals surface area (Å²) >= 11 is 0. The van der Waals surface area contributed by atoms with E-state index in [0.29, 0.717) is 12.1 Å². The van der Waals surface area contributed by atoms with Crippen molar-refractivity contribution in [2.75, 3.05) is 0 Å². The van der Waals surface area contributed by atoms with E-state index in [0.717, 1.165) is 11.1 Å². The van der Waals surface area contributed by atoms with Gasteiger partial charge >= 0.3 is 0 Å². The Morgan fingerprint density at radius 3 is 2.71 bits per heavy atom. The van der Waals surface area contributed by atoms with Crippen molar-refractivity contribution in [1.82, 2.24) is 15.0 Å². The Morgan fingerprint density at radius 2 is 1.88 bits per heavy atom. The standard InChI is InChI=1S/C13H10FN3/c14-11-6-7-13-12(8-11)15-16-17(13)9-10-4-2-1-3-5-10/h1-8H,9H2. The van der Waals surface area contributed by atoms with E-state index in [2.05, 4.69) is 10.3 Å². The maximum Gasteiger partial charge on any atom is 0.125 e. The van der Waals surface area contributed by atoms with Gasteiger partial charge in [-0.3, -0.25) is 0 Å². The maximum atomic E-state index is 13.0. The van der Waals surface area contributed by atoms with Gasteiger partial charge in [-0.1, -0.05) is 35.5 Å². The SMILES string of the molecule is Fc1ccc2c(c1)nnn2Cc1ccccc1. The molecule has 84 valence electrons. The molecule has 3 nitrogen and oxygen atoms in total. The summed E-state index contributed by atoms with van der Waals surface area (Å²) in [7, 11) is 0. The Labute approximate surface area is 97.5 Å². The van der Waals surface area contributed by atoms with Crippen LogP contribution in [-0.4, -0.2) is 15.0 Å². The van der Waals surface area contributed by atoms with Crippen molar-refractivity contribution in [3.63, 3.8) is 0 Å². The minimum atomic E-state index is -0.288. The van der Waals surface area contributed by atoms with Crippen LogP contribution in [0.25, 0.3) is 11.0 Å². The molecule has 0 bridgehead atoms. The van der Waals surface area contributed by atoms with Crippen molar-refractivity contribution in [3.05, 3.63) is 59.9 Å². The molecule has 0 saturated carbocycles. The Morgan fingerprint density at radius 1 is 1.06 bits per heavy atom. The maximum absolute atomic E-state index is 13.0. The lowest BCUT2D eigenvalue weighted by Gasteiger charge is -2.01. The number of hydrogen-bond donors (Lipinski definition) is 0. The van der Waals surface area contributed by atoms with E-state index >= 15 is 0 Å². The molecule has 0 aliphatic heterocycles. The number of benzene rings is 2. The van der Waals surface area contributed by atoms with Crippen LogP contribution in [0.4, 0.5) is 4.39 Å². The zero-order valence-electron chi connectivity index (χ0n) is 9.05. The van der Waals surface area contributed by atoms with E-state index in [1.165, 1.54) is 12.1 Å². The van der Waals surface area contributed by atoms with Crippen molar-refractivity contribution in [2.45, 2.75) is 6.54 Å². The molecule has 4 heteroatoms. The van der Waals surface area contributed by atoms with Gasteiger partial charge in [-0.15, -0.1) is 5.10 Å². The fourth-order valence-corrected chi connectivity index (χ4v) is 1.82.